The number of hydrogen-bond acceptors (Lipinski definition) is 3. The van der Waals surface area contributed by atoms with Crippen molar-refractivity contribution >= 4 is 27.5 Å². The largest absolute Gasteiger partial charge is 0.338 e. The molecule has 122 valence electrons. The molecule has 1 aliphatic heterocycles. The van der Waals surface area contributed by atoms with Gasteiger partial charge in [-0.1, -0.05) is 30.7 Å². The van der Waals surface area contributed by atoms with Gasteiger partial charge in [-0.25, -0.2) is 13.1 Å². The zero-order valence-corrected chi connectivity index (χ0v) is 14.2. The van der Waals surface area contributed by atoms with Crippen molar-refractivity contribution in [1.29, 1.82) is 0 Å². The molecule has 0 unspecified atom stereocenters. The summed E-state index contributed by atoms with van der Waals surface area (Å²) in [6, 6.07) is 6.88. The Balaban J connectivity index is 1.92. The van der Waals surface area contributed by atoms with Gasteiger partial charge in [-0.05, 0) is 31.4 Å². The number of sulfonamides is 1. The third-order valence-electron chi connectivity index (χ3n) is 3.71. The van der Waals surface area contributed by atoms with Crippen LogP contribution in [0.5, 0.6) is 0 Å². The summed E-state index contributed by atoms with van der Waals surface area (Å²) in [4.78, 5) is 14.1. The molecule has 0 spiro atoms. The molecule has 0 saturated carbocycles. The fourth-order valence-electron chi connectivity index (χ4n) is 2.59. The maximum absolute atomic E-state index is 12.4. The highest BCUT2D eigenvalue weighted by molar-refractivity contribution is 7.89. The van der Waals surface area contributed by atoms with Crippen LogP contribution >= 0.6 is 11.6 Å². The number of likely N-dealkylation sites (tertiary alicyclic amines) is 1. The second kappa shape index (κ2) is 7.44. The molecule has 1 N–H and O–H groups in total. The molecule has 0 radical (unpaired) electrons. The van der Waals surface area contributed by atoms with Crippen LogP contribution in [0.1, 0.15) is 36.5 Å². The summed E-state index contributed by atoms with van der Waals surface area (Å²) in [7, 11) is -3.20. The van der Waals surface area contributed by atoms with Gasteiger partial charge in [-0.3, -0.25) is 4.79 Å². The van der Waals surface area contributed by atoms with E-state index < -0.39 is 10.0 Å². The molecular formula is C15H21ClN2O3S. The summed E-state index contributed by atoms with van der Waals surface area (Å²) < 4.78 is 26.3. The summed E-state index contributed by atoms with van der Waals surface area (Å²) in [6.07, 6.45) is 1.84. The van der Waals surface area contributed by atoms with Crippen molar-refractivity contribution in [2.45, 2.75) is 32.2 Å². The Hall–Kier alpha value is -1.11. The van der Waals surface area contributed by atoms with Crippen LogP contribution in [0.4, 0.5) is 0 Å². The summed E-state index contributed by atoms with van der Waals surface area (Å²) in [5.74, 6) is 0.0478. The van der Waals surface area contributed by atoms with E-state index in [-0.39, 0.29) is 17.7 Å². The van der Waals surface area contributed by atoms with Gasteiger partial charge < -0.3 is 4.90 Å². The number of carbonyl (C=O) groups excluding carboxylic acids is 1. The van der Waals surface area contributed by atoms with E-state index in [0.29, 0.717) is 42.9 Å². The highest BCUT2D eigenvalue weighted by Crippen LogP contribution is 2.20. The monoisotopic (exact) mass is 344 g/mol. The summed E-state index contributed by atoms with van der Waals surface area (Å²) in [6.45, 7) is 2.90. The van der Waals surface area contributed by atoms with Crippen molar-refractivity contribution in [2.24, 2.45) is 0 Å². The van der Waals surface area contributed by atoms with Gasteiger partial charge in [0.05, 0.1) is 16.3 Å². The Morgan fingerprint density at radius 3 is 2.55 bits per heavy atom. The first-order valence-electron chi connectivity index (χ1n) is 7.46. The topological polar surface area (TPSA) is 66.5 Å². The van der Waals surface area contributed by atoms with Gasteiger partial charge in [-0.2, -0.15) is 0 Å². The van der Waals surface area contributed by atoms with Gasteiger partial charge in [0.2, 0.25) is 10.0 Å². The second-order valence-electron chi connectivity index (χ2n) is 5.48. The molecule has 0 aromatic heterocycles. The lowest BCUT2D eigenvalue weighted by Crippen LogP contribution is -2.47. The minimum Gasteiger partial charge on any atom is -0.338 e. The van der Waals surface area contributed by atoms with Crippen molar-refractivity contribution < 1.29 is 13.2 Å². The van der Waals surface area contributed by atoms with Crippen LogP contribution < -0.4 is 4.72 Å². The second-order valence-corrected chi connectivity index (χ2v) is 7.76. The average Bonchev–Trinajstić information content (AvgIpc) is 2.47. The van der Waals surface area contributed by atoms with Crippen molar-refractivity contribution in [3.8, 4) is 0 Å². The van der Waals surface area contributed by atoms with Gasteiger partial charge in [-0.15, -0.1) is 0 Å². The predicted octanol–water partition coefficient (Wildman–Crippen LogP) is 2.27. The first kappa shape index (κ1) is 17.2. The van der Waals surface area contributed by atoms with Gasteiger partial charge in [0.1, 0.15) is 0 Å². The fourth-order valence-corrected chi connectivity index (χ4v) is 4.20. The van der Waals surface area contributed by atoms with Gasteiger partial charge in [0.25, 0.3) is 5.91 Å². The van der Waals surface area contributed by atoms with Crippen molar-refractivity contribution in [2.75, 3.05) is 18.8 Å². The normalized spacial score (nSPS) is 16.7. The lowest BCUT2D eigenvalue weighted by molar-refractivity contribution is 0.0711. The molecule has 1 aliphatic rings. The molecule has 0 atom stereocenters. The average molecular weight is 345 g/mol. The van der Waals surface area contributed by atoms with E-state index in [2.05, 4.69) is 4.72 Å². The number of piperidine rings is 1. The van der Waals surface area contributed by atoms with Crippen molar-refractivity contribution in [1.82, 2.24) is 9.62 Å². The fraction of sp³-hybridized carbons (Fsp3) is 0.533. The SMILES string of the molecule is CCCS(=O)(=O)NC1CCN(C(=O)c2ccccc2Cl)CC1. The van der Waals surface area contributed by atoms with E-state index in [9.17, 15) is 13.2 Å². The number of nitrogens with one attached hydrogen (secondary N) is 1. The lowest BCUT2D eigenvalue weighted by atomic mass is 10.0. The number of carbonyl (C=O) groups is 1. The number of hydrogen-bond donors (Lipinski definition) is 1. The summed E-state index contributed by atoms with van der Waals surface area (Å²) >= 11 is 6.05. The molecule has 1 aromatic rings. The number of halogens is 1. The van der Waals surface area contributed by atoms with Crippen LogP contribution in [-0.4, -0.2) is 44.1 Å². The first-order chi connectivity index (χ1) is 10.4. The maximum Gasteiger partial charge on any atom is 0.255 e. The molecule has 1 aromatic carbocycles. The van der Waals surface area contributed by atoms with Crippen LogP contribution in [0.15, 0.2) is 24.3 Å². The molecular weight excluding hydrogens is 324 g/mol. The Morgan fingerprint density at radius 2 is 1.95 bits per heavy atom. The zero-order valence-electron chi connectivity index (χ0n) is 12.6. The van der Waals surface area contributed by atoms with Gasteiger partial charge in [0, 0.05) is 19.1 Å². The van der Waals surface area contributed by atoms with E-state index in [1.165, 1.54) is 0 Å². The molecule has 22 heavy (non-hydrogen) atoms. The zero-order chi connectivity index (χ0) is 16.2. The molecule has 1 saturated heterocycles. The van der Waals surface area contributed by atoms with Crippen LogP contribution in [0.25, 0.3) is 0 Å². The van der Waals surface area contributed by atoms with Crippen molar-refractivity contribution in [3.05, 3.63) is 34.9 Å². The molecule has 0 bridgehead atoms. The Morgan fingerprint density at radius 1 is 1.32 bits per heavy atom. The van der Waals surface area contributed by atoms with Crippen LogP contribution in [-0.2, 0) is 10.0 Å². The molecule has 0 aliphatic carbocycles. The molecule has 2 rings (SSSR count). The maximum atomic E-state index is 12.4. The van der Waals surface area contributed by atoms with Crippen LogP contribution in [0.3, 0.4) is 0 Å². The number of nitrogens with zero attached hydrogens (tertiary/aromatic N) is 1. The van der Waals surface area contributed by atoms with E-state index in [4.69, 9.17) is 11.6 Å². The standard InChI is InChI=1S/C15H21ClN2O3S/c1-2-11-22(20,21)17-12-7-9-18(10-8-12)15(19)13-5-3-4-6-14(13)16/h3-6,12,17H,2,7-11H2,1H3. The quantitative estimate of drug-likeness (QED) is 0.891. The summed E-state index contributed by atoms with van der Waals surface area (Å²) in [5.41, 5.74) is 0.495. The van der Waals surface area contributed by atoms with E-state index in [1.807, 2.05) is 6.92 Å². The molecule has 1 amide bonds. The van der Waals surface area contributed by atoms with E-state index in [1.54, 1.807) is 29.2 Å². The Labute approximate surface area is 136 Å². The minimum absolute atomic E-state index is 0.0909. The van der Waals surface area contributed by atoms with E-state index in [0.717, 1.165) is 0 Å². The molecule has 1 heterocycles. The van der Waals surface area contributed by atoms with Crippen LogP contribution in [0, 0.1) is 0 Å². The number of rotatable bonds is 5. The van der Waals surface area contributed by atoms with Gasteiger partial charge >= 0.3 is 0 Å². The minimum atomic E-state index is -3.20. The van der Waals surface area contributed by atoms with Gasteiger partial charge in [0.15, 0.2) is 0 Å². The molecule has 5 nitrogen and oxygen atoms in total. The summed E-state index contributed by atoms with van der Waals surface area (Å²) in [5, 5.41) is 0.443. The van der Waals surface area contributed by atoms with E-state index >= 15 is 0 Å². The van der Waals surface area contributed by atoms with Crippen molar-refractivity contribution in [3.63, 3.8) is 0 Å². The molecule has 1 fully saturated rings. The Bertz CT molecular complexity index is 625. The lowest BCUT2D eigenvalue weighted by Gasteiger charge is -2.32. The third kappa shape index (κ3) is 4.44. The third-order valence-corrected chi connectivity index (χ3v) is 5.67. The van der Waals surface area contributed by atoms with Crippen LogP contribution in [0.2, 0.25) is 5.02 Å². The highest BCUT2D eigenvalue weighted by Gasteiger charge is 2.26. The first-order valence-corrected chi connectivity index (χ1v) is 9.50. The predicted molar refractivity (Wildman–Crippen MR) is 87.6 cm³/mol. The highest BCUT2D eigenvalue weighted by atomic mass is 35.5. The number of amides is 1. The Kier molecular flexibility index (Phi) is 5.83. The molecule has 7 heteroatoms. The smallest absolute Gasteiger partial charge is 0.255 e. The number of benzene rings is 1.